The van der Waals surface area contributed by atoms with Crippen molar-refractivity contribution in [3.8, 4) is 11.5 Å². The molecule has 0 saturated carbocycles. The lowest BCUT2D eigenvalue weighted by Gasteiger charge is -2.16. The lowest BCUT2D eigenvalue weighted by Crippen LogP contribution is -2.08. The first kappa shape index (κ1) is 18.7. The van der Waals surface area contributed by atoms with Gasteiger partial charge in [0.25, 0.3) is 0 Å². The molecular weight excluding hydrogens is 411 g/mol. The van der Waals surface area contributed by atoms with Gasteiger partial charge in [-0.1, -0.05) is 41.4 Å². The summed E-state index contributed by atoms with van der Waals surface area (Å²) in [4.78, 5) is 5.31. The van der Waals surface area contributed by atoms with E-state index in [4.69, 9.17) is 16.4 Å². The van der Waals surface area contributed by atoms with Crippen LogP contribution in [0.5, 0.6) is 11.5 Å². The lowest BCUT2D eigenvalue weighted by molar-refractivity contribution is -0.137. The number of hydrogen-bond donors (Lipinski definition) is 2. The van der Waals surface area contributed by atoms with Gasteiger partial charge in [-0.15, -0.1) is 0 Å². The predicted octanol–water partition coefficient (Wildman–Crippen LogP) is 6.36. The molecule has 0 atom stereocenters. The average Bonchev–Trinajstić information content (AvgIpc) is 2.47. The first-order chi connectivity index (χ1) is 11.1. The van der Waals surface area contributed by atoms with Gasteiger partial charge in [-0.05, 0) is 30.2 Å². The number of rotatable bonds is 4. The molecule has 2 rings (SSSR count). The Morgan fingerprint density at radius 2 is 1.88 bits per heavy atom. The summed E-state index contributed by atoms with van der Waals surface area (Å²) in [5.41, 5.74) is 2.42. The highest BCUT2D eigenvalue weighted by atomic mass is 79.9. The zero-order valence-electron chi connectivity index (χ0n) is 12.7. The second kappa shape index (κ2) is 7.11. The monoisotopic (exact) mass is 423 g/mol. The summed E-state index contributed by atoms with van der Waals surface area (Å²) < 4.78 is 38.6. The quantitative estimate of drug-likeness (QED) is 0.561. The zero-order valence-corrected chi connectivity index (χ0v) is 15.1. The van der Waals surface area contributed by atoms with Crippen LogP contribution in [0.4, 0.5) is 18.9 Å². The predicted molar refractivity (Wildman–Crippen MR) is 90.6 cm³/mol. The number of hydrogen-bond acceptors (Lipinski definition) is 3. The first-order valence-corrected chi connectivity index (χ1v) is 8.08. The van der Waals surface area contributed by atoms with E-state index in [9.17, 15) is 18.3 Å². The van der Waals surface area contributed by atoms with Crippen LogP contribution in [0.15, 0.2) is 34.8 Å². The Kier molecular flexibility index (Phi) is 5.55. The summed E-state index contributed by atoms with van der Waals surface area (Å²) in [5, 5.41) is 10.1. The molecule has 0 heterocycles. The molecule has 0 aliphatic heterocycles. The van der Waals surface area contributed by atoms with E-state index in [1.165, 1.54) is 6.07 Å². The van der Waals surface area contributed by atoms with E-state index in [1.54, 1.807) is 6.07 Å². The molecule has 0 spiro atoms. The van der Waals surface area contributed by atoms with Gasteiger partial charge in [0.15, 0.2) is 11.5 Å². The SMILES string of the molecule is CC(C)c1cc(Br)cc(ONc2ccc(C(F)(F)F)cc2Cl)c1O. The van der Waals surface area contributed by atoms with Gasteiger partial charge in [-0.2, -0.15) is 13.2 Å². The normalized spacial score (nSPS) is 11.7. The van der Waals surface area contributed by atoms with Gasteiger partial charge < -0.3 is 9.94 Å². The van der Waals surface area contributed by atoms with Gasteiger partial charge in [0, 0.05) is 16.1 Å². The molecule has 2 aromatic carbocycles. The van der Waals surface area contributed by atoms with E-state index in [0.717, 1.165) is 18.2 Å². The summed E-state index contributed by atoms with van der Waals surface area (Å²) in [6.07, 6.45) is -4.47. The van der Waals surface area contributed by atoms with Gasteiger partial charge in [0.2, 0.25) is 0 Å². The molecule has 0 aliphatic carbocycles. The van der Waals surface area contributed by atoms with E-state index in [0.29, 0.717) is 10.0 Å². The maximum absolute atomic E-state index is 12.6. The second-order valence-electron chi connectivity index (χ2n) is 5.39. The van der Waals surface area contributed by atoms with Crippen molar-refractivity contribution in [2.24, 2.45) is 0 Å². The van der Waals surface area contributed by atoms with Gasteiger partial charge in [-0.3, -0.25) is 0 Å². The van der Waals surface area contributed by atoms with Crippen molar-refractivity contribution in [2.75, 3.05) is 5.48 Å². The minimum Gasteiger partial charge on any atom is -0.504 e. The molecule has 0 amide bonds. The van der Waals surface area contributed by atoms with Crippen molar-refractivity contribution in [3.05, 3.63) is 51.0 Å². The summed E-state index contributed by atoms with van der Waals surface area (Å²) >= 11 is 9.16. The zero-order chi connectivity index (χ0) is 18.1. The van der Waals surface area contributed by atoms with E-state index in [-0.39, 0.29) is 28.1 Å². The molecule has 0 saturated heterocycles. The summed E-state index contributed by atoms with van der Waals surface area (Å²) in [7, 11) is 0. The Labute approximate surface area is 150 Å². The fourth-order valence-electron chi connectivity index (χ4n) is 2.00. The molecule has 0 aliphatic rings. The fourth-order valence-corrected chi connectivity index (χ4v) is 2.67. The van der Waals surface area contributed by atoms with E-state index < -0.39 is 11.7 Å². The van der Waals surface area contributed by atoms with Crippen LogP contribution in [0.3, 0.4) is 0 Å². The molecule has 130 valence electrons. The highest BCUT2D eigenvalue weighted by Crippen LogP contribution is 2.38. The Morgan fingerprint density at radius 3 is 2.42 bits per heavy atom. The maximum Gasteiger partial charge on any atom is 0.416 e. The molecule has 0 aromatic heterocycles. The summed E-state index contributed by atoms with van der Waals surface area (Å²) in [5.74, 6) is 0.132. The number of anilines is 1. The van der Waals surface area contributed by atoms with Crippen molar-refractivity contribution in [2.45, 2.75) is 25.9 Å². The van der Waals surface area contributed by atoms with Gasteiger partial charge in [0.05, 0.1) is 16.3 Å². The number of nitrogens with one attached hydrogen (secondary N) is 1. The smallest absolute Gasteiger partial charge is 0.416 e. The Morgan fingerprint density at radius 1 is 1.21 bits per heavy atom. The lowest BCUT2D eigenvalue weighted by atomic mass is 10.0. The molecule has 8 heteroatoms. The highest BCUT2D eigenvalue weighted by Gasteiger charge is 2.31. The van der Waals surface area contributed by atoms with Gasteiger partial charge in [0.1, 0.15) is 0 Å². The molecule has 3 nitrogen and oxygen atoms in total. The fraction of sp³-hybridized carbons (Fsp3) is 0.250. The van der Waals surface area contributed by atoms with Gasteiger partial charge in [-0.25, -0.2) is 5.48 Å². The number of alkyl halides is 3. The Hall–Kier alpha value is -1.60. The minimum atomic E-state index is -4.47. The van der Waals surface area contributed by atoms with Crippen LogP contribution in [0.25, 0.3) is 0 Å². The molecule has 0 unspecified atom stereocenters. The standard InChI is InChI=1S/C16H14BrClF3NO2/c1-8(2)11-6-10(17)7-14(15(11)23)24-22-13-4-3-9(5-12(13)18)16(19,20)21/h3-8,22-23H,1-2H3. The van der Waals surface area contributed by atoms with Crippen molar-refractivity contribution in [3.63, 3.8) is 0 Å². The number of phenols is 1. The first-order valence-electron chi connectivity index (χ1n) is 6.91. The molecule has 0 bridgehead atoms. The molecule has 2 aromatic rings. The van der Waals surface area contributed by atoms with Crippen LogP contribution in [0.2, 0.25) is 5.02 Å². The highest BCUT2D eigenvalue weighted by molar-refractivity contribution is 9.10. The minimum absolute atomic E-state index is 0.0521. The van der Waals surface area contributed by atoms with Crippen LogP contribution < -0.4 is 10.3 Å². The van der Waals surface area contributed by atoms with E-state index in [1.807, 2.05) is 13.8 Å². The third-order valence-electron chi connectivity index (χ3n) is 3.26. The molecule has 2 N–H and O–H groups in total. The maximum atomic E-state index is 12.6. The van der Waals surface area contributed by atoms with Crippen molar-refractivity contribution in [1.29, 1.82) is 0 Å². The van der Waals surface area contributed by atoms with Crippen LogP contribution in [-0.2, 0) is 6.18 Å². The number of benzene rings is 2. The molecule has 24 heavy (non-hydrogen) atoms. The third-order valence-corrected chi connectivity index (χ3v) is 4.03. The van der Waals surface area contributed by atoms with E-state index >= 15 is 0 Å². The third kappa shape index (κ3) is 4.27. The molecule has 0 fully saturated rings. The second-order valence-corrected chi connectivity index (χ2v) is 6.72. The van der Waals surface area contributed by atoms with Gasteiger partial charge >= 0.3 is 6.18 Å². The Bertz CT molecular complexity index is 751. The molecule has 0 radical (unpaired) electrons. The Balaban J connectivity index is 2.23. The number of aromatic hydroxyl groups is 1. The van der Waals surface area contributed by atoms with Crippen LogP contribution in [-0.4, -0.2) is 5.11 Å². The van der Waals surface area contributed by atoms with Crippen molar-refractivity contribution >= 4 is 33.2 Å². The van der Waals surface area contributed by atoms with E-state index in [2.05, 4.69) is 21.4 Å². The summed E-state index contributed by atoms with van der Waals surface area (Å²) in [6, 6.07) is 6.14. The van der Waals surface area contributed by atoms with Crippen LogP contribution in [0, 0.1) is 0 Å². The van der Waals surface area contributed by atoms with Crippen LogP contribution >= 0.6 is 27.5 Å². The van der Waals surface area contributed by atoms with Crippen molar-refractivity contribution < 1.29 is 23.1 Å². The van der Waals surface area contributed by atoms with Crippen LogP contribution in [0.1, 0.15) is 30.9 Å². The molecular formula is C16H14BrClF3NO2. The largest absolute Gasteiger partial charge is 0.504 e. The topological polar surface area (TPSA) is 41.5 Å². The summed E-state index contributed by atoms with van der Waals surface area (Å²) in [6.45, 7) is 3.82. The average molecular weight is 425 g/mol. The number of phenolic OH excluding ortho intramolecular Hbond substituents is 1. The number of halogens is 5. The van der Waals surface area contributed by atoms with Crippen molar-refractivity contribution in [1.82, 2.24) is 0 Å².